The van der Waals surface area contributed by atoms with E-state index >= 15 is 0 Å². The maximum atomic E-state index is 11.0. The van der Waals surface area contributed by atoms with Crippen LogP contribution < -0.4 is 0 Å². The highest BCUT2D eigenvalue weighted by Gasteiger charge is 2.35. The number of ether oxygens (including phenoxy) is 2. The predicted octanol–water partition coefficient (Wildman–Crippen LogP) is 3.10. The minimum Gasteiger partial charge on any atom is -0.422 e. The van der Waals surface area contributed by atoms with E-state index in [4.69, 9.17) is 21.1 Å². The van der Waals surface area contributed by atoms with Crippen molar-refractivity contribution in [3.8, 4) is 0 Å². The molecule has 4 heteroatoms. The van der Waals surface area contributed by atoms with Crippen molar-refractivity contribution >= 4 is 17.8 Å². The van der Waals surface area contributed by atoms with E-state index in [9.17, 15) is 4.79 Å². The number of hydrogen-bond donors (Lipinski definition) is 0. The fourth-order valence-electron chi connectivity index (χ4n) is 1.48. The van der Waals surface area contributed by atoms with Gasteiger partial charge in [0.15, 0.2) is 12.2 Å². The molecule has 0 aliphatic carbocycles. The minimum atomic E-state index is -0.676. The lowest BCUT2D eigenvalue weighted by atomic mass is 10.0. The number of carbonyl (C=O) groups excluding carboxylic acids is 1. The van der Waals surface area contributed by atoms with E-state index in [1.165, 1.54) is 6.08 Å². The molecule has 15 heavy (non-hydrogen) atoms. The number of carbonyl (C=O) groups is 1. The first-order valence-electron chi connectivity index (χ1n) is 4.46. The highest BCUT2D eigenvalue weighted by Crippen LogP contribution is 2.31. The number of rotatable bonds is 2. The van der Waals surface area contributed by atoms with Crippen LogP contribution in [0.4, 0.5) is 4.79 Å². The van der Waals surface area contributed by atoms with Crippen LogP contribution >= 0.6 is 11.6 Å². The molecular weight excluding hydrogens is 216 g/mol. The standard InChI is InChI=1S/C11H9ClO3/c1-2-9-10(15-11(13)14-9)7-4-3-5-8(12)6-7/h2-6,9-10H,1H2. The third kappa shape index (κ3) is 1.97. The first-order valence-corrected chi connectivity index (χ1v) is 4.84. The van der Waals surface area contributed by atoms with Crippen molar-refractivity contribution in [3.63, 3.8) is 0 Å². The number of cyclic esters (lactones) is 2. The Balaban J connectivity index is 2.30. The SMILES string of the molecule is C=CC1OC(=O)OC1c1cccc(Cl)c1. The highest BCUT2D eigenvalue weighted by molar-refractivity contribution is 6.30. The topological polar surface area (TPSA) is 35.5 Å². The van der Waals surface area contributed by atoms with E-state index in [1.807, 2.05) is 6.07 Å². The molecular formula is C11H9ClO3. The third-order valence-electron chi connectivity index (χ3n) is 2.16. The minimum absolute atomic E-state index is 0.448. The molecule has 0 aromatic heterocycles. The molecule has 1 saturated heterocycles. The summed E-state index contributed by atoms with van der Waals surface area (Å²) in [5.41, 5.74) is 0.804. The van der Waals surface area contributed by atoms with Crippen LogP contribution in [0.2, 0.25) is 5.02 Å². The van der Waals surface area contributed by atoms with Gasteiger partial charge in [-0.2, -0.15) is 0 Å². The van der Waals surface area contributed by atoms with Crippen molar-refractivity contribution in [1.29, 1.82) is 0 Å². The van der Waals surface area contributed by atoms with Crippen molar-refractivity contribution < 1.29 is 14.3 Å². The maximum Gasteiger partial charge on any atom is 0.509 e. The Kier molecular flexibility index (Phi) is 2.64. The van der Waals surface area contributed by atoms with E-state index < -0.39 is 18.4 Å². The average molecular weight is 225 g/mol. The van der Waals surface area contributed by atoms with Gasteiger partial charge in [-0.25, -0.2) is 4.79 Å². The quantitative estimate of drug-likeness (QED) is 0.572. The van der Waals surface area contributed by atoms with E-state index in [0.717, 1.165) is 5.56 Å². The molecule has 0 bridgehead atoms. The van der Waals surface area contributed by atoms with Crippen LogP contribution in [0, 0.1) is 0 Å². The van der Waals surface area contributed by atoms with E-state index in [1.54, 1.807) is 18.2 Å². The van der Waals surface area contributed by atoms with Crippen LogP contribution in [0.1, 0.15) is 11.7 Å². The zero-order valence-corrected chi connectivity index (χ0v) is 8.61. The maximum absolute atomic E-state index is 11.0. The lowest BCUT2D eigenvalue weighted by Gasteiger charge is -2.11. The summed E-state index contributed by atoms with van der Waals surface area (Å²) in [6.45, 7) is 3.59. The van der Waals surface area contributed by atoms with Crippen LogP contribution in [-0.4, -0.2) is 12.3 Å². The lowest BCUT2D eigenvalue weighted by Crippen LogP contribution is -2.11. The molecule has 0 N–H and O–H groups in total. The molecule has 78 valence electrons. The van der Waals surface area contributed by atoms with Crippen molar-refractivity contribution in [2.24, 2.45) is 0 Å². The first-order chi connectivity index (χ1) is 7.20. The molecule has 0 amide bonds. The third-order valence-corrected chi connectivity index (χ3v) is 2.40. The smallest absolute Gasteiger partial charge is 0.422 e. The van der Waals surface area contributed by atoms with Gasteiger partial charge in [0.1, 0.15) is 0 Å². The van der Waals surface area contributed by atoms with Crippen molar-refractivity contribution in [3.05, 3.63) is 47.5 Å². The molecule has 0 saturated carbocycles. The Morgan fingerprint density at radius 3 is 2.87 bits per heavy atom. The van der Waals surface area contributed by atoms with Gasteiger partial charge in [0.25, 0.3) is 0 Å². The summed E-state index contributed by atoms with van der Waals surface area (Å²) in [6.07, 6.45) is -0.0363. The number of halogens is 1. The molecule has 1 fully saturated rings. The van der Waals surface area contributed by atoms with Crippen molar-refractivity contribution in [1.82, 2.24) is 0 Å². The molecule has 1 aromatic rings. The average Bonchev–Trinajstić information content (AvgIpc) is 2.59. The summed E-state index contributed by atoms with van der Waals surface area (Å²) in [7, 11) is 0. The predicted molar refractivity (Wildman–Crippen MR) is 55.7 cm³/mol. The van der Waals surface area contributed by atoms with Crippen LogP contribution in [0.5, 0.6) is 0 Å². The Hall–Kier alpha value is -1.48. The summed E-state index contributed by atoms with van der Waals surface area (Å²) in [5.74, 6) is 0. The summed E-state index contributed by atoms with van der Waals surface area (Å²) in [5, 5.41) is 0.596. The molecule has 2 atom stereocenters. The van der Waals surface area contributed by atoms with Crippen LogP contribution in [-0.2, 0) is 9.47 Å². The van der Waals surface area contributed by atoms with Gasteiger partial charge in [-0.05, 0) is 23.8 Å². The molecule has 1 heterocycles. The largest absolute Gasteiger partial charge is 0.509 e. The van der Waals surface area contributed by atoms with Gasteiger partial charge in [0, 0.05) is 5.02 Å². The normalized spacial score (nSPS) is 24.5. The molecule has 3 nitrogen and oxygen atoms in total. The lowest BCUT2D eigenvalue weighted by molar-refractivity contribution is 0.117. The van der Waals surface area contributed by atoms with Gasteiger partial charge in [0.2, 0.25) is 0 Å². The second kappa shape index (κ2) is 3.95. The highest BCUT2D eigenvalue weighted by atomic mass is 35.5. The molecule has 0 spiro atoms. The first kappa shape index (κ1) is 10.1. The Bertz CT molecular complexity index is 403. The second-order valence-electron chi connectivity index (χ2n) is 3.16. The Labute approximate surface area is 92.3 Å². The van der Waals surface area contributed by atoms with Gasteiger partial charge in [0.05, 0.1) is 0 Å². The zero-order valence-electron chi connectivity index (χ0n) is 7.85. The molecule has 2 unspecified atom stereocenters. The van der Waals surface area contributed by atoms with Crippen LogP contribution in [0.3, 0.4) is 0 Å². The summed E-state index contributed by atoms with van der Waals surface area (Å²) >= 11 is 5.84. The molecule has 1 aliphatic rings. The fourth-order valence-corrected chi connectivity index (χ4v) is 1.68. The second-order valence-corrected chi connectivity index (χ2v) is 3.60. The van der Waals surface area contributed by atoms with Gasteiger partial charge >= 0.3 is 6.16 Å². The van der Waals surface area contributed by atoms with Gasteiger partial charge in [-0.15, -0.1) is 0 Å². The Morgan fingerprint density at radius 1 is 1.40 bits per heavy atom. The Morgan fingerprint density at radius 2 is 2.20 bits per heavy atom. The summed E-state index contributed by atoms with van der Waals surface area (Å²) in [4.78, 5) is 11.0. The van der Waals surface area contributed by atoms with Crippen LogP contribution in [0.15, 0.2) is 36.9 Å². The van der Waals surface area contributed by atoms with Gasteiger partial charge < -0.3 is 9.47 Å². The molecule has 1 aliphatic heterocycles. The number of hydrogen-bond acceptors (Lipinski definition) is 3. The monoisotopic (exact) mass is 224 g/mol. The summed E-state index contributed by atoms with van der Waals surface area (Å²) < 4.78 is 9.91. The van der Waals surface area contributed by atoms with E-state index in [-0.39, 0.29) is 0 Å². The molecule has 1 aromatic carbocycles. The number of benzene rings is 1. The van der Waals surface area contributed by atoms with Crippen molar-refractivity contribution in [2.45, 2.75) is 12.2 Å². The van der Waals surface area contributed by atoms with Gasteiger partial charge in [-0.1, -0.05) is 30.3 Å². The fraction of sp³-hybridized carbons (Fsp3) is 0.182. The zero-order chi connectivity index (χ0) is 10.8. The van der Waals surface area contributed by atoms with Crippen LogP contribution in [0.25, 0.3) is 0 Å². The van der Waals surface area contributed by atoms with E-state index in [2.05, 4.69) is 6.58 Å². The summed E-state index contributed by atoms with van der Waals surface area (Å²) in [6, 6.07) is 7.12. The van der Waals surface area contributed by atoms with E-state index in [0.29, 0.717) is 5.02 Å². The van der Waals surface area contributed by atoms with Crippen molar-refractivity contribution in [2.75, 3.05) is 0 Å². The molecule has 2 rings (SSSR count). The molecule has 0 radical (unpaired) electrons. The van der Waals surface area contributed by atoms with Gasteiger partial charge in [-0.3, -0.25) is 0 Å².